The molecule has 4 aliphatic rings. The first-order valence-electron chi connectivity index (χ1n) is 13.1. The van der Waals surface area contributed by atoms with Crippen LogP contribution in [0.2, 0.25) is 0 Å². The summed E-state index contributed by atoms with van der Waals surface area (Å²) in [6, 6.07) is 0. The zero-order valence-corrected chi connectivity index (χ0v) is 20.3. The quantitative estimate of drug-likeness (QED) is 0.467. The van der Waals surface area contributed by atoms with E-state index in [0.717, 1.165) is 36.0 Å². The predicted molar refractivity (Wildman–Crippen MR) is 124 cm³/mol. The van der Waals surface area contributed by atoms with Crippen molar-refractivity contribution in [2.24, 2.45) is 46.3 Å². The maximum absolute atomic E-state index is 10.5. The largest absolute Gasteiger partial charge is 0.393 e. The van der Waals surface area contributed by atoms with Gasteiger partial charge in [0.1, 0.15) is 0 Å². The minimum atomic E-state index is -0.0568. The first-order valence-corrected chi connectivity index (χ1v) is 13.1. The van der Waals surface area contributed by atoms with Crippen LogP contribution in [0.1, 0.15) is 112 Å². The van der Waals surface area contributed by atoms with E-state index in [9.17, 15) is 5.11 Å². The second-order valence-corrected chi connectivity index (χ2v) is 12.6. The first-order chi connectivity index (χ1) is 13.7. The highest BCUT2D eigenvalue weighted by atomic mass is 16.3. The summed E-state index contributed by atoms with van der Waals surface area (Å²) in [5, 5.41) is 10.5. The molecule has 3 fully saturated rings. The molecule has 8 atom stereocenters. The fraction of sp³-hybridized carbons (Fsp3) is 0.929. The molecule has 0 saturated heterocycles. The van der Waals surface area contributed by atoms with Gasteiger partial charge >= 0.3 is 0 Å². The zero-order chi connectivity index (χ0) is 21.0. The van der Waals surface area contributed by atoms with E-state index in [1.165, 1.54) is 64.2 Å². The average molecular weight is 401 g/mol. The van der Waals surface area contributed by atoms with E-state index >= 15 is 0 Å². The van der Waals surface area contributed by atoms with E-state index in [1.807, 2.05) is 11.1 Å². The van der Waals surface area contributed by atoms with Gasteiger partial charge in [0.2, 0.25) is 0 Å². The SMILES string of the molecule is CC(C)CCC[C@@H](C)[C@H]1CCC2=C3CC[C@H]4[C@H](C)[C@@H](O)CC[C@]4(C)[C@@H]3CC[C@@]21C. The van der Waals surface area contributed by atoms with Crippen molar-refractivity contribution in [2.45, 2.75) is 118 Å². The number of aliphatic hydroxyl groups excluding tert-OH is 1. The summed E-state index contributed by atoms with van der Waals surface area (Å²) < 4.78 is 0. The molecule has 0 aromatic rings. The summed E-state index contributed by atoms with van der Waals surface area (Å²) in [6.45, 7) is 14.9. The molecule has 166 valence electrons. The Morgan fingerprint density at radius 2 is 1.72 bits per heavy atom. The molecule has 0 radical (unpaired) electrons. The lowest BCUT2D eigenvalue weighted by atomic mass is 9.47. The van der Waals surface area contributed by atoms with Gasteiger partial charge in [0.15, 0.2) is 0 Å². The highest BCUT2D eigenvalue weighted by molar-refractivity contribution is 5.35. The lowest BCUT2D eigenvalue weighted by Gasteiger charge is -2.58. The molecule has 0 aromatic carbocycles. The van der Waals surface area contributed by atoms with E-state index in [-0.39, 0.29) is 6.10 Å². The van der Waals surface area contributed by atoms with Crippen LogP contribution in [0.15, 0.2) is 11.1 Å². The Morgan fingerprint density at radius 3 is 2.45 bits per heavy atom. The Balaban J connectivity index is 1.55. The Labute approximate surface area is 181 Å². The second-order valence-electron chi connectivity index (χ2n) is 12.6. The molecule has 4 aliphatic carbocycles. The molecule has 1 nitrogen and oxygen atoms in total. The van der Waals surface area contributed by atoms with Crippen LogP contribution in [0, 0.1) is 46.3 Å². The number of fused-ring (bicyclic) bond motifs is 4. The van der Waals surface area contributed by atoms with Crippen LogP contribution >= 0.6 is 0 Å². The van der Waals surface area contributed by atoms with Crippen LogP contribution < -0.4 is 0 Å². The Kier molecular flexibility index (Phi) is 6.04. The minimum absolute atomic E-state index is 0.0568. The monoisotopic (exact) mass is 400 g/mol. The molecule has 0 aliphatic heterocycles. The van der Waals surface area contributed by atoms with Gasteiger partial charge in [-0.1, -0.05) is 72.0 Å². The fourth-order valence-corrected chi connectivity index (χ4v) is 8.95. The van der Waals surface area contributed by atoms with Gasteiger partial charge in [-0.2, -0.15) is 0 Å². The van der Waals surface area contributed by atoms with E-state index in [1.54, 1.807) is 0 Å². The minimum Gasteiger partial charge on any atom is -0.393 e. The van der Waals surface area contributed by atoms with Gasteiger partial charge in [0.05, 0.1) is 6.10 Å². The molecule has 4 rings (SSSR count). The zero-order valence-electron chi connectivity index (χ0n) is 20.3. The van der Waals surface area contributed by atoms with Crippen molar-refractivity contribution in [3.8, 4) is 0 Å². The molecule has 0 amide bonds. The summed E-state index contributed by atoms with van der Waals surface area (Å²) in [5.74, 6) is 4.68. The smallest absolute Gasteiger partial charge is 0.0568 e. The highest BCUT2D eigenvalue weighted by Crippen LogP contribution is 2.66. The maximum Gasteiger partial charge on any atom is 0.0568 e. The van der Waals surface area contributed by atoms with Gasteiger partial charge in [0.25, 0.3) is 0 Å². The molecule has 0 spiro atoms. The molecule has 0 bridgehead atoms. The molecule has 1 heteroatoms. The summed E-state index contributed by atoms with van der Waals surface area (Å²) in [5.41, 5.74) is 4.78. The van der Waals surface area contributed by atoms with E-state index in [2.05, 4.69) is 41.5 Å². The second kappa shape index (κ2) is 7.99. The third-order valence-electron chi connectivity index (χ3n) is 10.7. The molecule has 0 unspecified atom stereocenters. The van der Waals surface area contributed by atoms with E-state index < -0.39 is 0 Å². The number of rotatable bonds is 5. The van der Waals surface area contributed by atoms with Crippen molar-refractivity contribution in [1.82, 2.24) is 0 Å². The summed E-state index contributed by atoms with van der Waals surface area (Å²) >= 11 is 0. The van der Waals surface area contributed by atoms with Crippen LogP contribution in [0.25, 0.3) is 0 Å². The van der Waals surface area contributed by atoms with Crippen molar-refractivity contribution in [3.63, 3.8) is 0 Å². The van der Waals surface area contributed by atoms with Gasteiger partial charge in [-0.25, -0.2) is 0 Å². The maximum atomic E-state index is 10.5. The average Bonchev–Trinajstić information content (AvgIpc) is 3.02. The normalized spacial score (nSPS) is 45.7. The summed E-state index contributed by atoms with van der Waals surface area (Å²) in [7, 11) is 0. The third-order valence-corrected chi connectivity index (χ3v) is 10.7. The van der Waals surface area contributed by atoms with Crippen LogP contribution in [-0.4, -0.2) is 11.2 Å². The fourth-order valence-electron chi connectivity index (χ4n) is 8.95. The number of hydrogen-bond donors (Lipinski definition) is 1. The molecular formula is C28H48O. The molecular weight excluding hydrogens is 352 g/mol. The molecule has 3 saturated carbocycles. The van der Waals surface area contributed by atoms with Gasteiger partial charge in [-0.05, 0) is 97.7 Å². The van der Waals surface area contributed by atoms with E-state index in [0.29, 0.717) is 16.7 Å². The third kappa shape index (κ3) is 3.56. The standard InChI is InChI=1S/C28H48O/c1-18(2)8-7-9-19(3)22-12-13-24-21-10-11-23-20(4)26(29)15-17-28(23,6)25(21)14-16-27(22,24)5/h18-20,22-23,25-26,29H,7-17H2,1-6H3/t19-,20+,22-,23+,25-,26+,27-,28+/m1/s1. The van der Waals surface area contributed by atoms with Crippen LogP contribution in [0.3, 0.4) is 0 Å². The van der Waals surface area contributed by atoms with Crippen LogP contribution in [-0.2, 0) is 0 Å². The van der Waals surface area contributed by atoms with Crippen LogP contribution in [0.4, 0.5) is 0 Å². The molecule has 29 heavy (non-hydrogen) atoms. The molecule has 1 N–H and O–H groups in total. The van der Waals surface area contributed by atoms with Gasteiger partial charge in [-0.15, -0.1) is 0 Å². The topological polar surface area (TPSA) is 20.2 Å². The molecule has 0 heterocycles. The number of hydrogen-bond acceptors (Lipinski definition) is 1. The van der Waals surface area contributed by atoms with Crippen molar-refractivity contribution in [2.75, 3.05) is 0 Å². The highest BCUT2D eigenvalue weighted by Gasteiger charge is 2.56. The van der Waals surface area contributed by atoms with Crippen molar-refractivity contribution in [1.29, 1.82) is 0 Å². The van der Waals surface area contributed by atoms with Crippen molar-refractivity contribution >= 4 is 0 Å². The first kappa shape index (κ1) is 21.9. The Bertz CT molecular complexity index is 632. The summed E-state index contributed by atoms with van der Waals surface area (Å²) in [6.07, 6.45) is 14.8. The van der Waals surface area contributed by atoms with Gasteiger partial charge < -0.3 is 5.11 Å². The van der Waals surface area contributed by atoms with Gasteiger partial charge in [0, 0.05) is 0 Å². The Morgan fingerprint density at radius 1 is 0.966 bits per heavy atom. The number of allylic oxidation sites excluding steroid dienone is 2. The number of aliphatic hydroxyl groups is 1. The predicted octanol–water partition coefficient (Wildman–Crippen LogP) is 7.78. The lowest BCUT2D eigenvalue weighted by Crippen LogP contribution is -2.51. The van der Waals surface area contributed by atoms with Gasteiger partial charge in [-0.3, -0.25) is 0 Å². The Hall–Kier alpha value is -0.300. The van der Waals surface area contributed by atoms with E-state index in [4.69, 9.17) is 0 Å². The van der Waals surface area contributed by atoms with Crippen LogP contribution in [0.5, 0.6) is 0 Å². The van der Waals surface area contributed by atoms with Crippen molar-refractivity contribution in [3.05, 3.63) is 11.1 Å². The molecule has 0 aromatic heterocycles. The summed E-state index contributed by atoms with van der Waals surface area (Å²) in [4.78, 5) is 0. The van der Waals surface area contributed by atoms with Crippen molar-refractivity contribution < 1.29 is 5.11 Å². The lowest BCUT2D eigenvalue weighted by molar-refractivity contribution is -0.0779.